The smallest absolute Gasteiger partial charge is 0.249 e. The molecule has 1 aromatic heterocycles. The lowest BCUT2D eigenvalue weighted by molar-refractivity contribution is -0.116. The zero-order chi connectivity index (χ0) is 21.7. The molecule has 0 fully saturated rings. The first-order valence-electron chi connectivity index (χ1n) is 9.21. The normalized spacial score (nSPS) is 12.2. The molecule has 0 aliphatic heterocycles. The van der Waals surface area contributed by atoms with Gasteiger partial charge in [-0.3, -0.25) is 14.4 Å². The van der Waals surface area contributed by atoms with Crippen molar-refractivity contribution in [1.29, 1.82) is 0 Å². The second-order valence-corrected chi connectivity index (χ2v) is 9.27. The van der Waals surface area contributed by atoms with Gasteiger partial charge in [0.15, 0.2) is 0 Å². The number of benzene rings is 2. The summed E-state index contributed by atoms with van der Waals surface area (Å²) in [5.74, 6) is 0.110. The fourth-order valence-corrected chi connectivity index (χ4v) is 4.77. The van der Waals surface area contributed by atoms with Crippen LogP contribution in [0.15, 0.2) is 54.6 Å². The van der Waals surface area contributed by atoms with E-state index >= 15 is 0 Å². The first-order chi connectivity index (χ1) is 14.3. The number of anilines is 2. The number of aromatic nitrogens is 2. The highest BCUT2D eigenvalue weighted by molar-refractivity contribution is 7.92. The molecular weight excluding hydrogens is 424 g/mol. The summed E-state index contributed by atoms with van der Waals surface area (Å²) in [6.07, 6.45) is 1.06. The van der Waals surface area contributed by atoms with Gasteiger partial charge in [-0.2, -0.15) is 0 Å². The van der Waals surface area contributed by atoms with Crippen LogP contribution in [0.2, 0.25) is 0 Å². The topological polar surface area (TPSA) is 101 Å². The molecule has 158 valence electrons. The monoisotopic (exact) mass is 446 g/mol. The van der Waals surface area contributed by atoms with Gasteiger partial charge in [0.25, 0.3) is 0 Å². The lowest BCUT2D eigenvalue weighted by Gasteiger charge is -2.28. The molecular formula is C20H22N4O4S2. The van der Waals surface area contributed by atoms with E-state index in [2.05, 4.69) is 15.5 Å². The van der Waals surface area contributed by atoms with Gasteiger partial charge in [0.1, 0.15) is 16.8 Å². The first kappa shape index (κ1) is 21.7. The van der Waals surface area contributed by atoms with Crippen LogP contribution < -0.4 is 14.4 Å². The fraction of sp³-hybridized carbons (Fsp3) is 0.250. The van der Waals surface area contributed by atoms with Gasteiger partial charge in [0.2, 0.25) is 21.1 Å². The zero-order valence-electron chi connectivity index (χ0n) is 16.8. The number of nitrogens with zero attached hydrogens (tertiary/aromatic N) is 3. The number of carbonyl (C=O) groups excluding carboxylic acids is 1. The summed E-state index contributed by atoms with van der Waals surface area (Å²) in [4.78, 5) is 12.8. The molecule has 0 spiro atoms. The number of ether oxygens (including phenoxy) is 1. The molecule has 3 aromatic rings. The van der Waals surface area contributed by atoms with Crippen LogP contribution >= 0.6 is 11.3 Å². The molecule has 0 saturated heterocycles. The van der Waals surface area contributed by atoms with Crippen molar-refractivity contribution < 1.29 is 17.9 Å². The molecule has 1 atom stereocenters. The van der Waals surface area contributed by atoms with E-state index in [-0.39, 0.29) is 0 Å². The Labute approximate surface area is 179 Å². The Bertz CT molecular complexity index is 1100. The molecule has 0 unspecified atom stereocenters. The minimum absolute atomic E-state index is 0.297. The van der Waals surface area contributed by atoms with Crippen molar-refractivity contribution in [3.8, 4) is 16.3 Å². The highest BCUT2D eigenvalue weighted by Crippen LogP contribution is 2.27. The molecule has 2 aromatic carbocycles. The number of carbonyl (C=O) groups is 1. The van der Waals surface area contributed by atoms with Gasteiger partial charge in [-0.1, -0.05) is 41.7 Å². The maximum Gasteiger partial charge on any atom is 0.249 e. The average molecular weight is 447 g/mol. The Morgan fingerprint density at radius 1 is 1.13 bits per heavy atom. The van der Waals surface area contributed by atoms with E-state index in [1.807, 2.05) is 37.3 Å². The Kier molecular flexibility index (Phi) is 6.68. The molecule has 30 heavy (non-hydrogen) atoms. The molecule has 1 heterocycles. The average Bonchev–Trinajstić information content (AvgIpc) is 3.18. The number of sulfonamides is 1. The van der Waals surface area contributed by atoms with Gasteiger partial charge in [-0.25, -0.2) is 8.42 Å². The molecule has 10 heteroatoms. The highest BCUT2D eigenvalue weighted by Gasteiger charge is 2.29. The Hall–Kier alpha value is -2.98. The van der Waals surface area contributed by atoms with Gasteiger partial charge in [-0.05, 0) is 38.1 Å². The SMILES string of the molecule is CCOc1ccc(N([C@H](C)C(=O)Nc2nnc(-c3ccccc3)s2)S(C)(=O)=O)cc1. The lowest BCUT2D eigenvalue weighted by Crippen LogP contribution is -2.45. The quantitative estimate of drug-likeness (QED) is 0.569. The molecule has 1 N–H and O–H groups in total. The van der Waals surface area contributed by atoms with Gasteiger partial charge in [-0.15, -0.1) is 10.2 Å². The van der Waals surface area contributed by atoms with E-state index in [1.54, 1.807) is 24.3 Å². The predicted octanol–water partition coefficient (Wildman–Crippen LogP) is 3.40. The van der Waals surface area contributed by atoms with Crippen LogP contribution in [-0.2, 0) is 14.8 Å². The Morgan fingerprint density at radius 2 is 1.80 bits per heavy atom. The predicted molar refractivity (Wildman–Crippen MR) is 118 cm³/mol. The van der Waals surface area contributed by atoms with E-state index in [0.717, 1.165) is 16.1 Å². The molecule has 0 saturated carbocycles. The third-order valence-corrected chi connectivity index (χ3v) is 6.30. The molecule has 3 rings (SSSR count). The summed E-state index contributed by atoms with van der Waals surface area (Å²) < 4.78 is 31.3. The summed E-state index contributed by atoms with van der Waals surface area (Å²) in [5.41, 5.74) is 1.25. The second kappa shape index (κ2) is 9.23. The number of nitrogens with one attached hydrogen (secondary N) is 1. The zero-order valence-corrected chi connectivity index (χ0v) is 18.4. The van der Waals surface area contributed by atoms with Gasteiger partial charge < -0.3 is 4.74 Å². The molecule has 8 nitrogen and oxygen atoms in total. The molecule has 0 radical (unpaired) electrons. The van der Waals surface area contributed by atoms with Crippen molar-refractivity contribution in [2.24, 2.45) is 0 Å². The van der Waals surface area contributed by atoms with Crippen LogP contribution in [0.4, 0.5) is 10.8 Å². The van der Waals surface area contributed by atoms with Crippen molar-refractivity contribution >= 4 is 38.1 Å². The maximum absolute atomic E-state index is 12.8. The summed E-state index contributed by atoms with van der Waals surface area (Å²) in [6.45, 7) is 3.88. The second-order valence-electron chi connectivity index (χ2n) is 6.43. The van der Waals surface area contributed by atoms with Crippen molar-refractivity contribution in [3.63, 3.8) is 0 Å². The highest BCUT2D eigenvalue weighted by atomic mass is 32.2. The molecule has 0 bridgehead atoms. The third-order valence-electron chi connectivity index (χ3n) is 4.17. The van der Waals surface area contributed by atoms with Crippen molar-refractivity contribution in [2.45, 2.75) is 19.9 Å². The van der Waals surface area contributed by atoms with Gasteiger partial charge in [0.05, 0.1) is 18.6 Å². The number of hydrogen-bond donors (Lipinski definition) is 1. The van der Waals surface area contributed by atoms with Crippen LogP contribution in [0.3, 0.4) is 0 Å². The van der Waals surface area contributed by atoms with Crippen molar-refractivity contribution in [3.05, 3.63) is 54.6 Å². The van der Waals surface area contributed by atoms with Crippen LogP contribution in [0, 0.1) is 0 Å². The molecule has 0 aliphatic rings. The van der Waals surface area contributed by atoms with Crippen LogP contribution in [0.1, 0.15) is 13.8 Å². The van der Waals surface area contributed by atoms with E-state index in [0.29, 0.717) is 28.2 Å². The largest absolute Gasteiger partial charge is 0.494 e. The summed E-state index contributed by atoms with van der Waals surface area (Å²) >= 11 is 1.22. The van der Waals surface area contributed by atoms with Crippen LogP contribution in [0.5, 0.6) is 5.75 Å². The fourth-order valence-electron chi connectivity index (χ4n) is 2.85. The van der Waals surface area contributed by atoms with E-state index in [9.17, 15) is 13.2 Å². The Balaban J connectivity index is 1.79. The van der Waals surface area contributed by atoms with E-state index in [4.69, 9.17) is 4.74 Å². The standard InChI is InChI=1S/C20H22N4O4S2/c1-4-28-17-12-10-16(11-13-17)24(30(3,26)27)14(2)18(25)21-20-23-22-19(29-20)15-8-6-5-7-9-15/h5-14H,4H2,1-3H3,(H,21,23,25)/t14-/m1/s1. The van der Waals surface area contributed by atoms with Crippen LogP contribution in [-0.4, -0.2) is 43.4 Å². The van der Waals surface area contributed by atoms with E-state index < -0.39 is 22.0 Å². The van der Waals surface area contributed by atoms with Crippen LogP contribution in [0.25, 0.3) is 10.6 Å². The minimum Gasteiger partial charge on any atom is -0.494 e. The van der Waals surface area contributed by atoms with Gasteiger partial charge in [0, 0.05) is 5.56 Å². The van der Waals surface area contributed by atoms with Gasteiger partial charge >= 0.3 is 0 Å². The maximum atomic E-state index is 12.8. The summed E-state index contributed by atoms with van der Waals surface area (Å²) in [5, 5.41) is 11.7. The number of amides is 1. The van der Waals surface area contributed by atoms with Crippen molar-refractivity contribution in [1.82, 2.24) is 10.2 Å². The number of rotatable bonds is 8. The minimum atomic E-state index is -3.72. The van der Waals surface area contributed by atoms with E-state index in [1.165, 1.54) is 18.3 Å². The van der Waals surface area contributed by atoms with Crippen molar-refractivity contribution in [2.75, 3.05) is 22.5 Å². The summed E-state index contributed by atoms with van der Waals surface area (Å²) in [7, 11) is -3.72. The third kappa shape index (κ3) is 5.14. The molecule has 0 aliphatic carbocycles. The first-order valence-corrected chi connectivity index (χ1v) is 11.9. The Morgan fingerprint density at radius 3 is 2.40 bits per heavy atom. The lowest BCUT2D eigenvalue weighted by atomic mass is 10.2. The summed E-state index contributed by atoms with van der Waals surface area (Å²) in [6, 6.07) is 15.0. The number of hydrogen-bond acceptors (Lipinski definition) is 7. The molecule has 1 amide bonds.